The second kappa shape index (κ2) is 9.99. The molecule has 0 bridgehead atoms. The summed E-state index contributed by atoms with van der Waals surface area (Å²) in [5, 5.41) is 23.4. The van der Waals surface area contributed by atoms with Crippen LogP contribution in [0.3, 0.4) is 0 Å². The highest BCUT2D eigenvalue weighted by molar-refractivity contribution is 5.43. The Hall–Kier alpha value is -2.97. The average molecular weight is 398 g/mol. The van der Waals surface area contributed by atoms with Gasteiger partial charge in [0.1, 0.15) is 12.6 Å². The number of rotatable bonds is 10. The molecule has 0 aliphatic heterocycles. The minimum Gasteiger partial charge on any atom is -0.493 e. The highest BCUT2D eigenvalue weighted by atomic mass is 16.5. The fourth-order valence-electron chi connectivity index (χ4n) is 2.96. The van der Waals surface area contributed by atoms with Crippen molar-refractivity contribution in [3.05, 3.63) is 59.4 Å². The summed E-state index contributed by atoms with van der Waals surface area (Å²) in [4.78, 5) is 0. The van der Waals surface area contributed by atoms with E-state index in [0.717, 1.165) is 24.2 Å². The maximum absolute atomic E-state index is 9.33. The molecule has 0 aliphatic rings. The van der Waals surface area contributed by atoms with Crippen molar-refractivity contribution in [1.82, 2.24) is 20.2 Å². The van der Waals surface area contributed by atoms with Crippen molar-refractivity contribution >= 4 is 0 Å². The quantitative estimate of drug-likeness (QED) is 0.536. The summed E-state index contributed by atoms with van der Waals surface area (Å²) >= 11 is 0. The van der Waals surface area contributed by atoms with Gasteiger partial charge in [-0.05, 0) is 54.1 Å². The third-order valence-electron chi connectivity index (χ3n) is 4.84. The molecule has 2 aromatic carbocycles. The zero-order chi connectivity index (χ0) is 20.6. The van der Waals surface area contributed by atoms with Crippen molar-refractivity contribution in [3.63, 3.8) is 0 Å². The predicted octanol–water partition coefficient (Wildman–Crippen LogP) is 1.39. The summed E-state index contributed by atoms with van der Waals surface area (Å²) < 4.78 is 13.1. The second-order valence-corrected chi connectivity index (χ2v) is 6.91. The number of benzene rings is 2. The zero-order valence-corrected chi connectivity index (χ0v) is 17.1. The number of aliphatic hydroxyl groups is 1. The first-order valence-corrected chi connectivity index (χ1v) is 9.72. The molecule has 0 spiro atoms. The number of methoxy groups -OCH3 is 1. The van der Waals surface area contributed by atoms with Crippen LogP contribution in [0.4, 0.5) is 0 Å². The Bertz CT molecular complexity index is 907. The Morgan fingerprint density at radius 1 is 1.14 bits per heavy atom. The van der Waals surface area contributed by atoms with Crippen LogP contribution in [0.2, 0.25) is 0 Å². The molecule has 8 heteroatoms. The van der Waals surface area contributed by atoms with E-state index in [4.69, 9.17) is 9.47 Å². The smallest absolute Gasteiger partial charge is 0.194 e. The van der Waals surface area contributed by atoms with E-state index in [2.05, 4.69) is 27.8 Å². The third kappa shape index (κ3) is 5.30. The van der Waals surface area contributed by atoms with Crippen LogP contribution < -0.4 is 14.8 Å². The topological polar surface area (TPSA) is 98.9 Å². The molecule has 0 saturated heterocycles. The number of tetrazole rings is 1. The van der Waals surface area contributed by atoms with Gasteiger partial charge in [-0.3, -0.25) is 0 Å². The molecule has 0 aliphatic carbocycles. The van der Waals surface area contributed by atoms with Gasteiger partial charge in [0.25, 0.3) is 0 Å². The van der Waals surface area contributed by atoms with Gasteiger partial charge in [-0.2, -0.15) is 4.68 Å². The van der Waals surface area contributed by atoms with E-state index in [1.54, 1.807) is 11.8 Å². The molecular formula is C21H28N5O3+. The number of aryl methyl sites for hydroxylation is 1. The van der Waals surface area contributed by atoms with E-state index in [0.29, 0.717) is 17.3 Å². The molecule has 0 saturated carbocycles. The van der Waals surface area contributed by atoms with Crippen LogP contribution in [-0.4, -0.2) is 45.1 Å². The molecule has 154 valence electrons. The van der Waals surface area contributed by atoms with Crippen molar-refractivity contribution < 1.29 is 19.9 Å². The minimum absolute atomic E-state index is 0.171. The molecule has 3 N–H and O–H groups in total. The van der Waals surface area contributed by atoms with Crippen LogP contribution >= 0.6 is 0 Å². The number of nitrogens with zero attached hydrogens (tertiary/aromatic N) is 4. The van der Waals surface area contributed by atoms with E-state index < -0.39 is 0 Å². The van der Waals surface area contributed by atoms with Crippen LogP contribution in [0.15, 0.2) is 42.5 Å². The maximum Gasteiger partial charge on any atom is 0.194 e. The van der Waals surface area contributed by atoms with Gasteiger partial charge in [-0.25, -0.2) is 0 Å². The fourth-order valence-corrected chi connectivity index (χ4v) is 2.96. The van der Waals surface area contributed by atoms with Gasteiger partial charge < -0.3 is 19.9 Å². The van der Waals surface area contributed by atoms with Crippen LogP contribution in [0.1, 0.15) is 30.3 Å². The lowest BCUT2D eigenvalue weighted by Gasteiger charge is -2.14. The number of nitrogens with two attached hydrogens (primary N) is 1. The molecule has 3 rings (SSSR count). The number of hydrogen-bond acceptors (Lipinski definition) is 6. The summed E-state index contributed by atoms with van der Waals surface area (Å²) in [6.45, 7) is 5.25. The van der Waals surface area contributed by atoms with Crippen molar-refractivity contribution in [1.29, 1.82) is 0 Å². The first-order chi connectivity index (χ1) is 14.1. The van der Waals surface area contributed by atoms with Crippen LogP contribution in [0, 0.1) is 6.92 Å². The first kappa shape index (κ1) is 20.8. The largest absolute Gasteiger partial charge is 0.493 e. The molecule has 0 fully saturated rings. The fraction of sp³-hybridized carbons (Fsp3) is 0.381. The summed E-state index contributed by atoms with van der Waals surface area (Å²) in [5.41, 5.74) is 3.16. The predicted molar refractivity (Wildman–Crippen MR) is 108 cm³/mol. The van der Waals surface area contributed by atoms with Crippen LogP contribution in [0.25, 0.3) is 5.69 Å². The molecule has 1 heterocycles. The summed E-state index contributed by atoms with van der Waals surface area (Å²) in [6, 6.07) is 14.0. The molecule has 0 radical (unpaired) electrons. The van der Waals surface area contributed by atoms with Crippen molar-refractivity contribution in [2.24, 2.45) is 0 Å². The van der Waals surface area contributed by atoms with Crippen LogP contribution in [-0.2, 0) is 13.2 Å². The Morgan fingerprint density at radius 3 is 2.62 bits per heavy atom. The van der Waals surface area contributed by atoms with Crippen LogP contribution in [0.5, 0.6) is 11.5 Å². The van der Waals surface area contributed by atoms with E-state index in [9.17, 15) is 5.11 Å². The van der Waals surface area contributed by atoms with Gasteiger partial charge in [0, 0.05) is 5.56 Å². The summed E-state index contributed by atoms with van der Waals surface area (Å²) in [7, 11) is 1.62. The molecule has 8 nitrogen and oxygen atoms in total. The average Bonchev–Trinajstić information content (AvgIpc) is 3.22. The Kier molecular flexibility index (Phi) is 7.15. The molecule has 0 unspecified atom stereocenters. The second-order valence-electron chi connectivity index (χ2n) is 6.91. The van der Waals surface area contributed by atoms with Gasteiger partial charge in [0.15, 0.2) is 23.9 Å². The van der Waals surface area contributed by atoms with Gasteiger partial charge in [-0.15, -0.1) is 5.10 Å². The summed E-state index contributed by atoms with van der Waals surface area (Å²) in [5.74, 6) is 1.88. The SMILES string of the molecule is CC[C@H](CO)[NH2+]Cc1ccc(OCc2nnnn2-c2ccc(C)cc2)c(OC)c1. The van der Waals surface area contributed by atoms with Gasteiger partial charge in [-0.1, -0.05) is 24.6 Å². The lowest BCUT2D eigenvalue weighted by molar-refractivity contribution is -0.706. The van der Waals surface area contributed by atoms with Crippen molar-refractivity contribution in [2.45, 2.75) is 39.5 Å². The minimum atomic E-state index is 0.171. The lowest BCUT2D eigenvalue weighted by Crippen LogP contribution is -2.89. The van der Waals surface area contributed by atoms with E-state index in [1.807, 2.05) is 49.4 Å². The maximum atomic E-state index is 9.33. The summed E-state index contributed by atoms with van der Waals surface area (Å²) in [6.07, 6.45) is 0.921. The highest BCUT2D eigenvalue weighted by Gasteiger charge is 2.13. The number of aromatic nitrogens is 4. The first-order valence-electron chi connectivity index (χ1n) is 9.72. The number of hydrogen-bond donors (Lipinski definition) is 2. The molecule has 1 atom stereocenters. The standard InChI is InChI=1S/C21H27N5O3/c1-4-17(13-27)22-12-16-7-10-19(20(11-16)28-3)29-14-21-23-24-25-26(21)18-8-5-15(2)6-9-18/h5-11,17,22,27H,4,12-14H2,1-3H3/p+1/t17-/m1/s1. The van der Waals surface area contributed by atoms with Gasteiger partial charge >= 0.3 is 0 Å². The Balaban J connectivity index is 1.68. The van der Waals surface area contributed by atoms with Gasteiger partial charge in [0.2, 0.25) is 0 Å². The highest BCUT2D eigenvalue weighted by Crippen LogP contribution is 2.28. The van der Waals surface area contributed by atoms with Crippen molar-refractivity contribution in [2.75, 3.05) is 13.7 Å². The molecular weight excluding hydrogens is 370 g/mol. The number of quaternary nitrogens is 1. The lowest BCUT2D eigenvalue weighted by atomic mass is 10.1. The number of ether oxygens (including phenoxy) is 2. The Labute approximate surface area is 170 Å². The molecule has 29 heavy (non-hydrogen) atoms. The molecule has 0 amide bonds. The monoisotopic (exact) mass is 398 g/mol. The number of aliphatic hydroxyl groups excluding tert-OH is 1. The third-order valence-corrected chi connectivity index (χ3v) is 4.84. The zero-order valence-electron chi connectivity index (χ0n) is 17.1. The van der Waals surface area contributed by atoms with Crippen molar-refractivity contribution in [3.8, 4) is 17.2 Å². The van der Waals surface area contributed by atoms with E-state index in [1.165, 1.54) is 5.56 Å². The normalized spacial score (nSPS) is 12.0. The van der Waals surface area contributed by atoms with E-state index in [-0.39, 0.29) is 19.3 Å². The van der Waals surface area contributed by atoms with E-state index >= 15 is 0 Å². The Morgan fingerprint density at radius 2 is 1.93 bits per heavy atom. The molecule has 3 aromatic rings. The van der Waals surface area contributed by atoms with Gasteiger partial charge in [0.05, 0.1) is 19.4 Å². The molecule has 1 aromatic heterocycles.